The van der Waals surface area contributed by atoms with Crippen molar-refractivity contribution in [1.29, 1.82) is 0 Å². The monoisotopic (exact) mass is 211 g/mol. The number of likely N-dealkylation sites (tertiary alicyclic amines) is 1. The van der Waals surface area contributed by atoms with E-state index in [0.29, 0.717) is 6.42 Å². The highest BCUT2D eigenvalue weighted by Crippen LogP contribution is 2.19. The molecule has 15 heavy (non-hydrogen) atoms. The van der Waals surface area contributed by atoms with E-state index in [-0.39, 0.29) is 18.1 Å². The van der Waals surface area contributed by atoms with Crippen molar-refractivity contribution in [3.05, 3.63) is 12.7 Å². The van der Waals surface area contributed by atoms with Gasteiger partial charge in [-0.2, -0.15) is 0 Å². The minimum atomic E-state index is -0.0109. The third-order valence-electron chi connectivity index (χ3n) is 2.94. The second-order valence-corrected chi connectivity index (χ2v) is 4.19. The zero-order valence-electron chi connectivity index (χ0n) is 9.74. The van der Waals surface area contributed by atoms with Crippen LogP contribution in [0.25, 0.3) is 0 Å². The van der Waals surface area contributed by atoms with Gasteiger partial charge in [0.25, 0.3) is 0 Å². The van der Waals surface area contributed by atoms with Crippen molar-refractivity contribution < 1.29 is 9.53 Å². The van der Waals surface area contributed by atoms with Crippen molar-refractivity contribution in [1.82, 2.24) is 4.90 Å². The number of ether oxygens (including phenoxy) is 1. The molecule has 0 aromatic heterocycles. The van der Waals surface area contributed by atoms with Crippen LogP contribution in [0.2, 0.25) is 0 Å². The van der Waals surface area contributed by atoms with Gasteiger partial charge in [-0.15, -0.1) is 6.58 Å². The van der Waals surface area contributed by atoms with Crippen LogP contribution in [0.1, 0.15) is 32.6 Å². The zero-order chi connectivity index (χ0) is 11.3. The first-order valence-corrected chi connectivity index (χ1v) is 5.64. The van der Waals surface area contributed by atoms with Crippen LogP contribution in [0.3, 0.4) is 0 Å². The van der Waals surface area contributed by atoms with Crippen LogP contribution in [0, 0.1) is 5.92 Å². The molecule has 1 heterocycles. The molecule has 1 fully saturated rings. The molecule has 1 aliphatic heterocycles. The van der Waals surface area contributed by atoms with Crippen molar-refractivity contribution >= 4 is 5.91 Å². The summed E-state index contributed by atoms with van der Waals surface area (Å²) in [6, 6.07) is 0. The van der Waals surface area contributed by atoms with Crippen molar-refractivity contribution in [2.24, 2.45) is 5.92 Å². The van der Waals surface area contributed by atoms with Crippen LogP contribution in [-0.4, -0.2) is 30.7 Å². The van der Waals surface area contributed by atoms with Crippen molar-refractivity contribution in [3.8, 4) is 0 Å². The molecule has 0 bridgehead atoms. The highest BCUT2D eigenvalue weighted by Gasteiger charge is 2.26. The molecule has 0 spiro atoms. The molecule has 2 atom stereocenters. The molecule has 3 nitrogen and oxygen atoms in total. The van der Waals surface area contributed by atoms with E-state index >= 15 is 0 Å². The number of carbonyl (C=O) groups excluding carboxylic acids is 1. The number of allylic oxidation sites excluding steroid dienone is 1. The van der Waals surface area contributed by atoms with Crippen LogP contribution in [-0.2, 0) is 9.53 Å². The molecule has 0 aromatic rings. The molecular weight excluding hydrogens is 190 g/mol. The Morgan fingerprint density at radius 3 is 3.00 bits per heavy atom. The van der Waals surface area contributed by atoms with Gasteiger partial charge in [-0.05, 0) is 25.2 Å². The summed E-state index contributed by atoms with van der Waals surface area (Å²) in [5.74, 6) is 0.436. The lowest BCUT2D eigenvalue weighted by molar-refractivity contribution is -0.148. The maximum atomic E-state index is 11.9. The standard InChI is InChI=1S/C12H21NO2/c1-4-10(2)9-11(14)13-8-6-5-7-12(13)15-3/h4,10,12H,1,5-9H2,2-3H3. The summed E-state index contributed by atoms with van der Waals surface area (Å²) >= 11 is 0. The van der Waals surface area contributed by atoms with E-state index in [1.807, 2.05) is 17.9 Å². The van der Waals surface area contributed by atoms with Crippen molar-refractivity contribution in [2.75, 3.05) is 13.7 Å². The number of methoxy groups -OCH3 is 1. The number of rotatable bonds is 4. The average Bonchev–Trinajstić information content (AvgIpc) is 2.28. The third kappa shape index (κ3) is 3.34. The van der Waals surface area contributed by atoms with Gasteiger partial charge >= 0.3 is 0 Å². The molecule has 0 N–H and O–H groups in total. The van der Waals surface area contributed by atoms with Crippen LogP contribution >= 0.6 is 0 Å². The molecule has 3 heteroatoms. The second-order valence-electron chi connectivity index (χ2n) is 4.19. The molecule has 2 unspecified atom stereocenters. The average molecular weight is 211 g/mol. The van der Waals surface area contributed by atoms with E-state index in [1.165, 1.54) is 0 Å². The Bertz CT molecular complexity index is 228. The van der Waals surface area contributed by atoms with Gasteiger partial charge in [0, 0.05) is 20.1 Å². The van der Waals surface area contributed by atoms with Gasteiger partial charge < -0.3 is 9.64 Å². The number of amides is 1. The molecule has 1 saturated heterocycles. The highest BCUT2D eigenvalue weighted by molar-refractivity contribution is 5.76. The second kappa shape index (κ2) is 5.91. The van der Waals surface area contributed by atoms with Crippen LogP contribution < -0.4 is 0 Å². The predicted octanol–water partition coefficient (Wildman–Crippen LogP) is 2.18. The summed E-state index contributed by atoms with van der Waals surface area (Å²) in [4.78, 5) is 13.8. The van der Waals surface area contributed by atoms with Gasteiger partial charge in [0.05, 0.1) is 0 Å². The maximum Gasteiger partial charge on any atom is 0.225 e. The van der Waals surface area contributed by atoms with E-state index in [4.69, 9.17) is 4.74 Å². The summed E-state index contributed by atoms with van der Waals surface area (Å²) in [6.45, 7) is 6.54. The Labute approximate surface area is 92.1 Å². The molecule has 1 amide bonds. The minimum absolute atomic E-state index is 0.0109. The molecule has 0 aromatic carbocycles. The van der Waals surface area contributed by atoms with Crippen LogP contribution in [0.5, 0.6) is 0 Å². The fourth-order valence-electron chi connectivity index (χ4n) is 1.91. The maximum absolute atomic E-state index is 11.9. The Hall–Kier alpha value is -0.830. The minimum Gasteiger partial charge on any atom is -0.362 e. The van der Waals surface area contributed by atoms with E-state index in [9.17, 15) is 4.79 Å². The Morgan fingerprint density at radius 2 is 2.40 bits per heavy atom. The van der Waals surface area contributed by atoms with Gasteiger partial charge in [-0.1, -0.05) is 13.0 Å². The number of nitrogens with zero attached hydrogens (tertiary/aromatic N) is 1. The number of piperidine rings is 1. The lowest BCUT2D eigenvalue weighted by atomic mass is 10.0. The lowest BCUT2D eigenvalue weighted by Crippen LogP contribution is -2.45. The zero-order valence-corrected chi connectivity index (χ0v) is 9.74. The van der Waals surface area contributed by atoms with Gasteiger partial charge in [0.15, 0.2) is 0 Å². The lowest BCUT2D eigenvalue weighted by Gasteiger charge is -2.35. The van der Waals surface area contributed by atoms with Gasteiger partial charge in [0.1, 0.15) is 6.23 Å². The largest absolute Gasteiger partial charge is 0.362 e. The fraction of sp³-hybridized carbons (Fsp3) is 0.750. The first-order valence-electron chi connectivity index (χ1n) is 5.64. The molecular formula is C12H21NO2. The number of hydrogen-bond donors (Lipinski definition) is 0. The smallest absolute Gasteiger partial charge is 0.225 e. The summed E-state index contributed by atoms with van der Waals surface area (Å²) in [6.07, 6.45) is 5.56. The quantitative estimate of drug-likeness (QED) is 0.667. The Morgan fingerprint density at radius 1 is 1.67 bits per heavy atom. The van der Waals surface area contributed by atoms with Crippen molar-refractivity contribution in [3.63, 3.8) is 0 Å². The third-order valence-corrected chi connectivity index (χ3v) is 2.94. The fourth-order valence-corrected chi connectivity index (χ4v) is 1.91. The first kappa shape index (κ1) is 12.2. The van der Waals surface area contributed by atoms with E-state index < -0.39 is 0 Å². The molecule has 0 aliphatic carbocycles. The molecule has 1 rings (SSSR count). The Balaban J connectivity index is 2.51. The molecule has 86 valence electrons. The number of carbonyl (C=O) groups is 1. The van der Waals surface area contributed by atoms with Crippen molar-refractivity contribution in [2.45, 2.75) is 38.8 Å². The summed E-state index contributed by atoms with van der Waals surface area (Å²) < 4.78 is 5.32. The molecule has 0 radical (unpaired) electrons. The van der Waals surface area contributed by atoms with Crippen LogP contribution in [0.15, 0.2) is 12.7 Å². The van der Waals surface area contributed by atoms with Gasteiger partial charge in [0.2, 0.25) is 5.91 Å². The SMILES string of the molecule is C=CC(C)CC(=O)N1CCCCC1OC. The summed E-state index contributed by atoms with van der Waals surface area (Å²) in [5, 5.41) is 0. The Kier molecular flexibility index (Phi) is 4.82. The summed E-state index contributed by atoms with van der Waals surface area (Å²) in [5.41, 5.74) is 0. The van der Waals surface area contributed by atoms with Crippen LogP contribution in [0.4, 0.5) is 0 Å². The highest BCUT2D eigenvalue weighted by atomic mass is 16.5. The molecule has 1 aliphatic rings. The van der Waals surface area contributed by atoms with E-state index in [1.54, 1.807) is 7.11 Å². The first-order chi connectivity index (χ1) is 7.19. The van der Waals surface area contributed by atoms with Gasteiger partial charge in [-0.25, -0.2) is 0 Å². The van der Waals surface area contributed by atoms with Gasteiger partial charge in [-0.3, -0.25) is 4.79 Å². The number of hydrogen-bond acceptors (Lipinski definition) is 2. The summed E-state index contributed by atoms with van der Waals surface area (Å²) in [7, 11) is 1.67. The topological polar surface area (TPSA) is 29.5 Å². The van der Waals surface area contributed by atoms with E-state index in [0.717, 1.165) is 25.8 Å². The van der Waals surface area contributed by atoms with E-state index in [2.05, 4.69) is 6.58 Å². The normalized spacial score (nSPS) is 23.6. The molecule has 0 saturated carbocycles. The predicted molar refractivity (Wildman–Crippen MR) is 60.3 cm³/mol.